The number of aryl methyl sites for hydroxylation is 1. The summed E-state index contributed by atoms with van der Waals surface area (Å²) < 4.78 is 0. The molecule has 0 spiro atoms. The number of nitrogens with zero attached hydrogens (tertiary/aromatic N) is 2. The Bertz CT molecular complexity index is 413. The van der Waals surface area contributed by atoms with Crippen LogP contribution in [0.2, 0.25) is 0 Å². The van der Waals surface area contributed by atoms with Crippen LogP contribution in [0.5, 0.6) is 0 Å². The van der Waals surface area contributed by atoms with Crippen molar-refractivity contribution in [3.8, 4) is 0 Å². The Morgan fingerprint density at radius 1 is 1.11 bits per heavy atom. The van der Waals surface area contributed by atoms with E-state index >= 15 is 0 Å². The minimum atomic E-state index is 0.266. The number of rotatable bonds is 3. The molecule has 0 atom stereocenters. The molecule has 3 heteroatoms. The molecule has 0 N–H and O–H groups in total. The van der Waals surface area contributed by atoms with Gasteiger partial charge in [0.15, 0.2) is 0 Å². The van der Waals surface area contributed by atoms with E-state index in [0.717, 1.165) is 44.7 Å². The third-order valence-electron chi connectivity index (χ3n) is 3.86. The summed E-state index contributed by atoms with van der Waals surface area (Å²) >= 11 is 0. The zero-order valence-corrected chi connectivity index (χ0v) is 12.1. The van der Waals surface area contributed by atoms with E-state index in [4.69, 9.17) is 0 Å². The van der Waals surface area contributed by atoms with Crippen LogP contribution in [-0.4, -0.2) is 48.4 Å². The molecule has 1 heterocycles. The zero-order chi connectivity index (χ0) is 13.7. The predicted octanol–water partition coefficient (Wildman–Crippen LogP) is 2.09. The average Bonchev–Trinajstić information content (AvgIpc) is 2.66. The Morgan fingerprint density at radius 3 is 2.53 bits per heavy atom. The lowest BCUT2D eigenvalue weighted by Gasteiger charge is -2.21. The van der Waals surface area contributed by atoms with Crippen LogP contribution < -0.4 is 0 Å². The van der Waals surface area contributed by atoms with Crippen LogP contribution >= 0.6 is 0 Å². The topological polar surface area (TPSA) is 23.6 Å². The summed E-state index contributed by atoms with van der Waals surface area (Å²) in [6.45, 7) is 9.24. The molecule has 0 radical (unpaired) electrons. The molecule has 1 fully saturated rings. The van der Waals surface area contributed by atoms with Crippen LogP contribution in [0.3, 0.4) is 0 Å². The molecule has 19 heavy (non-hydrogen) atoms. The monoisotopic (exact) mass is 260 g/mol. The summed E-state index contributed by atoms with van der Waals surface area (Å²) in [5, 5.41) is 0. The number of carbonyl (C=O) groups is 1. The first-order valence-corrected chi connectivity index (χ1v) is 7.24. The van der Waals surface area contributed by atoms with E-state index in [-0.39, 0.29) is 5.91 Å². The van der Waals surface area contributed by atoms with Gasteiger partial charge in [-0.1, -0.05) is 36.8 Å². The Labute approximate surface area is 116 Å². The summed E-state index contributed by atoms with van der Waals surface area (Å²) in [5.41, 5.74) is 2.36. The SMILES string of the molecule is CCN1CCCN(C(=O)Cc2ccc(C)cc2)CC1. The van der Waals surface area contributed by atoms with Crippen molar-refractivity contribution in [1.82, 2.24) is 9.80 Å². The molecule has 1 aliphatic rings. The second-order valence-corrected chi connectivity index (χ2v) is 5.33. The van der Waals surface area contributed by atoms with E-state index in [0.29, 0.717) is 6.42 Å². The summed E-state index contributed by atoms with van der Waals surface area (Å²) in [6.07, 6.45) is 1.62. The number of benzene rings is 1. The van der Waals surface area contributed by atoms with Crippen LogP contribution in [0.25, 0.3) is 0 Å². The van der Waals surface area contributed by atoms with Crippen LogP contribution in [0, 0.1) is 6.92 Å². The van der Waals surface area contributed by atoms with Crippen LogP contribution in [0.1, 0.15) is 24.5 Å². The molecule has 1 aromatic carbocycles. The van der Waals surface area contributed by atoms with Crippen molar-refractivity contribution >= 4 is 5.91 Å². The maximum absolute atomic E-state index is 12.3. The zero-order valence-electron chi connectivity index (χ0n) is 12.1. The van der Waals surface area contributed by atoms with E-state index in [9.17, 15) is 4.79 Å². The fraction of sp³-hybridized carbons (Fsp3) is 0.562. The first-order valence-electron chi connectivity index (χ1n) is 7.24. The highest BCUT2D eigenvalue weighted by Gasteiger charge is 2.18. The molecular weight excluding hydrogens is 236 g/mol. The van der Waals surface area contributed by atoms with E-state index in [1.807, 2.05) is 4.90 Å². The van der Waals surface area contributed by atoms with Gasteiger partial charge in [-0.3, -0.25) is 4.79 Å². The average molecular weight is 260 g/mol. The summed E-state index contributed by atoms with van der Waals surface area (Å²) in [5.74, 6) is 0.266. The van der Waals surface area contributed by atoms with Crippen molar-refractivity contribution in [1.29, 1.82) is 0 Å². The molecule has 3 nitrogen and oxygen atoms in total. The largest absolute Gasteiger partial charge is 0.341 e. The van der Waals surface area contributed by atoms with Crippen molar-refractivity contribution in [2.45, 2.75) is 26.7 Å². The first-order chi connectivity index (χ1) is 9.19. The van der Waals surface area contributed by atoms with Gasteiger partial charge in [0.25, 0.3) is 0 Å². The van der Waals surface area contributed by atoms with Crippen molar-refractivity contribution in [2.24, 2.45) is 0 Å². The van der Waals surface area contributed by atoms with Gasteiger partial charge in [-0.05, 0) is 32.0 Å². The fourth-order valence-corrected chi connectivity index (χ4v) is 2.53. The molecule has 0 aromatic heterocycles. The smallest absolute Gasteiger partial charge is 0.227 e. The number of hydrogen-bond donors (Lipinski definition) is 0. The lowest BCUT2D eigenvalue weighted by molar-refractivity contribution is -0.130. The van der Waals surface area contributed by atoms with Gasteiger partial charge in [-0.2, -0.15) is 0 Å². The summed E-state index contributed by atoms with van der Waals surface area (Å²) in [6, 6.07) is 8.26. The van der Waals surface area contributed by atoms with Crippen molar-refractivity contribution in [2.75, 3.05) is 32.7 Å². The number of likely N-dealkylation sites (N-methyl/N-ethyl adjacent to an activating group) is 1. The molecule has 1 saturated heterocycles. The normalized spacial score (nSPS) is 17.3. The molecule has 0 saturated carbocycles. The molecule has 0 bridgehead atoms. The summed E-state index contributed by atoms with van der Waals surface area (Å²) in [4.78, 5) is 16.7. The first kappa shape index (κ1) is 14.1. The Balaban J connectivity index is 1.90. The molecule has 0 aliphatic carbocycles. The highest BCUT2D eigenvalue weighted by atomic mass is 16.2. The van der Waals surface area contributed by atoms with Gasteiger partial charge in [0.2, 0.25) is 5.91 Å². The maximum Gasteiger partial charge on any atom is 0.227 e. The van der Waals surface area contributed by atoms with Gasteiger partial charge in [-0.25, -0.2) is 0 Å². The highest BCUT2D eigenvalue weighted by Crippen LogP contribution is 2.08. The Hall–Kier alpha value is -1.35. The third-order valence-corrected chi connectivity index (χ3v) is 3.86. The van der Waals surface area contributed by atoms with Gasteiger partial charge < -0.3 is 9.80 Å². The minimum Gasteiger partial charge on any atom is -0.341 e. The van der Waals surface area contributed by atoms with Gasteiger partial charge in [0.1, 0.15) is 0 Å². The van der Waals surface area contributed by atoms with E-state index in [1.165, 1.54) is 5.56 Å². The molecule has 104 valence electrons. The number of carbonyl (C=O) groups excluding carboxylic acids is 1. The quantitative estimate of drug-likeness (QED) is 0.831. The second-order valence-electron chi connectivity index (χ2n) is 5.33. The van der Waals surface area contributed by atoms with Crippen LogP contribution in [-0.2, 0) is 11.2 Å². The Kier molecular flexibility index (Phi) is 4.97. The van der Waals surface area contributed by atoms with Gasteiger partial charge in [0, 0.05) is 19.6 Å². The highest BCUT2D eigenvalue weighted by molar-refractivity contribution is 5.78. The van der Waals surface area contributed by atoms with Crippen molar-refractivity contribution in [3.05, 3.63) is 35.4 Å². The molecule has 1 aliphatic heterocycles. The molecular formula is C16H24N2O. The molecule has 0 unspecified atom stereocenters. The van der Waals surface area contributed by atoms with E-state index in [2.05, 4.69) is 43.0 Å². The third kappa shape index (κ3) is 4.06. The Morgan fingerprint density at radius 2 is 1.84 bits per heavy atom. The van der Waals surface area contributed by atoms with Gasteiger partial charge in [-0.15, -0.1) is 0 Å². The second kappa shape index (κ2) is 6.71. The predicted molar refractivity (Wildman–Crippen MR) is 78.2 cm³/mol. The lowest BCUT2D eigenvalue weighted by Crippen LogP contribution is -2.36. The summed E-state index contributed by atoms with van der Waals surface area (Å²) in [7, 11) is 0. The molecule has 1 aromatic rings. The number of hydrogen-bond acceptors (Lipinski definition) is 2. The van der Waals surface area contributed by atoms with Crippen molar-refractivity contribution < 1.29 is 4.79 Å². The maximum atomic E-state index is 12.3. The van der Waals surface area contributed by atoms with E-state index < -0.39 is 0 Å². The molecule has 2 rings (SSSR count). The van der Waals surface area contributed by atoms with E-state index in [1.54, 1.807) is 0 Å². The fourth-order valence-electron chi connectivity index (χ4n) is 2.53. The van der Waals surface area contributed by atoms with Crippen LogP contribution in [0.15, 0.2) is 24.3 Å². The lowest BCUT2D eigenvalue weighted by atomic mass is 10.1. The van der Waals surface area contributed by atoms with Crippen LogP contribution in [0.4, 0.5) is 0 Å². The minimum absolute atomic E-state index is 0.266. The van der Waals surface area contributed by atoms with Gasteiger partial charge in [0.05, 0.1) is 6.42 Å². The number of amides is 1. The molecule has 1 amide bonds. The standard InChI is InChI=1S/C16H24N2O/c1-3-17-9-4-10-18(12-11-17)16(19)13-15-7-5-14(2)6-8-15/h5-8H,3-4,9-13H2,1-2H3. The van der Waals surface area contributed by atoms with Crippen molar-refractivity contribution in [3.63, 3.8) is 0 Å². The van der Waals surface area contributed by atoms with Gasteiger partial charge >= 0.3 is 0 Å².